The van der Waals surface area contributed by atoms with Crippen LogP contribution in [0.3, 0.4) is 0 Å². The predicted molar refractivity (Wildman–Crippen MR) is 122 cm³/mol. The van der Waals surface area contributed by atoms with Crippen LogP contribution < -0.4 is 5.73 Å². The smallest absolute Gasteiger partial charge is 0.269 e. The fourth-order valence-corrected chi connectivity index (χ4v) is 4.86. The van der Waals surface area contributed by atoms with E-state index in [1.165, 1.54) is 47.9 Å². The molecule has 3 rings (SSSR count). The van der Waals surface area contributed by atoms with Gasteiger partial charge in [0, 0.05) is 31.8 Å². The molecule has 0 spiro atoms. The lowest BCUT2D eigenvalue weighted by atomic mass is 9.81. The van der Waals surface area contributed by atoms with Crippen LogP contribution in [0.1, 0.15) is 53.5 Å². The normalized spacial score (nSPS) is 19.2. The third kappa shape index (κ3) is 5.89. The molecule has 5 heteroatoms. The zero-order chi connectivity index (χ0) is 21.7. The van der Waals surface area contributed by atoms with Crippen molar-refractivity contribution in [1.29, 1.82) is 0 Å². The van der Waals surface area contributed by atoms with Crippen LogP contribution in [-0.2, 0) is 13.1 Å². The first kappa shape index (κ1) is 22.4. The molecular weight excluding hydrogens is 374 g/mol. The van der Waals surface area contributed by atoms with Crippen molar-refractivity contribution in [2.24, 2.45) is 17.6 Å². The van der Waals surface area contributed by atoms with Crippen LogP contribution >= 0.6 is 0 Å². The molecule has 0 bridgehead atoms. The fraction of sp³-hybridized carbons (Fsp3) is 0.520. The van der Waals surface area contributed by atoms with Crippen molar-refractivity contribution in [3.05, 3.63) is 74.3 Å². The van der Waals surface area contributed by atoms with E-state index in [4.69, 9.17) is 5.73 Å². The summed E-state index contributed by atoms with van der Waals surface area (Å²) in [6, 6.07) is 11.5. The molecule has 0 heterocycles. The van der Waals surface area contributed by atoms with Gasteiger partial charge in [0.2, 0.25) is 0 Å². The number of benzene rings is 2. The summed E-state index contributed by atoms with van der Waals surface area (Å²) in [4.78, 5) is 13.2. The molecule has 1 saturated carbocycles. The predicted octanol–water partition coefficient (Wildman–Crippen LogP) is 5.29. The second-order valence-electron chi connectivity index (χ2n) is 9.09. The highest BCUT2D eigenvalue weighted by Crippen LogP contribution is 2.30. The Morgan fingerprint density at radius 1 is 0.967 bits per heavy atom. The zero-order valence-corrected chi connectivity index (χ0v) is 18.6. The van der Waals surface area contributed by atoms with Crippen LogP contribution in [-0.4, -0.2) is 22.9 Å². The largest absolute Gasteiger partial charge is 0.330 e. The minimum absolute atomic E-state index is 0.149. The zero-order valence-electron chi connectivity index (χ0n) is 18.6. The molecule has 0 aliphatic heterocycles. The minimum atomic E-state index is -0.337. The van der Waals surface area contributed by atoms with E-state index in [1.54, 1.807) is 12.1 Å². The van der Waals surface area contributed by atoms with Crippen LogP contribution in [0.25, 0.3) is 0 Å². The molecule has 0 unspecified atom stereocenters. The molecule has 5 nitrogen and oxygen atoms in total. The molecule has 0 radical (unpaired) electrons. The quantitative estimate of drug-likeness (QED) is 0.475. The van der Waals surface area contributed by atoms with Gasteiger partial charge in [0.25, 0.3) is 5.69 Å². The molecule has 1 fully saturated rings. The number of hydrogen-bond acceptors (Lipinski definition) is 4. The van der Waals surface area contributed by atoms with Gasteiger partial charge in [-0.25, -0.2) is 0 Å². The molecule has 2 N–H and O–H groups in total. The first-order valence-corrected chi connectivity index (χ1v) is 11.1. The average molecular weight is 410 g/mol. The Morgan fingerprint density at radius 2 is 1.53 bits per heavy atom. The van der Waals surface area contributed by atoms with Gasteiger partial charge in [-0.15, -0.1) is 0 Å². The van der Waals surface area contributed by atoms with E-state index in [-0.39, 0.29) is 10.6 Å². The number of hydrogen-bond donors (Lipinski definition) is 1. The highest BCUT2D eigenvalue weighted by molar-refractivity contribution is 5.37. The maximum Gasteiger partial charge on any atom is 0.269 e. The summed E-state index contributed by atoms with van der Waals surface area (Å²) in [5, 5.41) is 11.0. The van der Waals surface area contributed by atoms with Crippen molar-refractivity contribution in [3.8, 4) is 0 Å². The van der Waals surface area contributed by atoms with Gasteiger partial charge in [-0.3, -0.25) is 15.0 Å². The fourth-order valence-electron chi connectivity index (χ4n) is 4.86. The molecule has 162 valence electrons. The summed E-state index contributed by atoms with van der Waals surface area (Å²) in [6.07, 6.45) is 4.94. The Balaban J connectivity index is 1.76. The standard InChI is InChI=1S/C25H35N3O2/c1-18-12-19(2)25(20(3)13-18)17-27(15-22-6-4-21(14-26)5-7-22)16-23-8-10-24(11-9-23)28(29)30/h8-13,21-22H,4-7,14-17,26H2,1-3H3. The first-order chi connectivity index (χ1) is 14.4. The molecule has 2 aromatic carbocycles. The van der Waals surface area contributed by atoms with Crippen LogP contribution in [0.5, 0.6) is 0 Å². The first-order valence-electron chi connectivity index (χ1n) is 11.1. The van der Waals surface area contributed by atoms with Crippen molar-refractivity contribution in [2.45, 2.75) is 59.5 Å². The summed E-state index contributed by atoms with van der Waals surface area (Å²) < 4.78 is 0. The lowest BCUT2D eigenvalue weighted by Gasteiger charge is -2.33. The van der Waals surface area contributed by atoms with Crippen molar-refractivity contribution in [1.82, 2.24) is 4.90 Å². The molecule has 2 aromatic rings. The molecule has 1 aliphatic rings. The van der Waals surface area contributed by atoms with Gasteiger partial charge in [-0.1, -0.05) is 29.8 Å². The van der Waals surface area contributed by atoms with Gasteiger partial charge < -0.3 is 5.73 Å². The second kappa shape index (κ2) is 10.2. The van der Waals surface area contributed by atoms with Gasteiger partial charge in [0.1, 0.15) is 0 Å². The molecule has 30 heavy (non-hydrogen) atoms. The van der Waals surface area contributed by atoms with Crippen molar-refractivity contribution in [3.63, 3.8) is 0 Å². The molecule has 1 aliphatic carbocycles. The number of nitro benzene ring substituents is 1. The van der Waals surface area contributed by atoms with Gasteiger partial charge in [-0.05, 0) is 87.1 Å². The number of non-ortho nitro benzene ring substituents is 1. The lowest BCUT2D eigenvalue weighted by molar-refractivity contribution is -0.384. The third-order valence-electron chi connectivity index (χ3n) is 6.59. The Kier molecular flexibility index (Phi) is 7.62. The Bertz CT molecular complexity index is 832. The van der Waals surface area contributed by atoms with E-state index in [0.29, 0.717) is 11.8 Å². The lowest BCUT2D eigenvalue weighted by Crippen LogP contribution is -2.32. The molecule has 0 atom stereocenters. The Labute approximate surface area is 180 Å². The summed E-state index contributed by atoms with van der Waals surface area (Å²) in [7, 11) is 0. The van der Waals surface area contributed by atoms with E-state index in [9.17, 15) is 10.1 Å². The van der Waals surface area contributed by atoms with Gasteiger partial charge in [0.05, 0.1) is 4.92 Å². The number of nitrogens with two attached hydrogens (primary N) is 1. The van der Waals surface area contributed by atoms with E-state index >= 15 is 0 Å². The van der Waals surface area contributed by atoms with Crippen LogP contribution in [0, 0.1) is 42.7 Å². The van der Waals surface area contributed by atoms with Crippen molar-refractivity contribution < 1.29 is 4.92 Å². The Morgan fingerprint density at radius 3 is 2.07 bits per heavy atom. The second-order valence-corrected chi connectivity index (χ2v) is 9.09. The number of aryl methyl sites for hydroxylation is 3. The summed E-state index contributed by atoms with van der Waals surface area (Å²) >= 11 is 0. The highest BCUT2D eigenvalue weighted by Gasteiger charge is 2.23. The van der Waals surface area contributed by atoms with Crippen LogP contribution in [0.2, 0.25) is 0 Å². The summed E-state index contributed by atoms with van der Waals surface area (Å²) in [5.41, 5.74) is 12.5. The molecule has 0 amide bonds. The number of nitro groups is 1. The maximum absolute atomic E-state index is 11.0. The number of rotatable bonds is 8. The topological polar surface area (TPSA) is 72.4 Å². The van der Waals surface area contributed by atoms with Gasteiger partial charge >= 0.3 is 0 Å². The van der Waals surface area contributed by atoms with E-state index in [1.807, 2.05) is 12.1 Å². The van der Waals surface area contributed by atoms with Crippen molar-refractivity contribution >= 4 is 5.69 Å². The SMILES string of the molecule is Cc1cc(C)c(CN(Cc2ccc([N+](=O)[O-])cc2)CC2CCC(CN)CC2)c(C)c1. The minimum Gasteiger partial charge on any atom is -0.330 e. The van der Waals surface area contributed by atoms with Gasteiger partial charge in [-0.2, -0.15) is 0 Å². The summed E-state index contributed by atoms with van der Waals surface area (Å²) in [5.74, 6) is 1.38. The highest BCUT2D eigenvalue weighted by atomic mass is 16.6. The molecule has 0 saturated heterocycles. The van der Waals surface area contributed by atoms with E-state index < -0.39 is 0 Å². The van der Waals surface area contributed by atoms with Crippen molar-refractivity contribution in [2.75, 3.05) is 13.1 Å². The van der Waals surface area contributed by atoms with E-state index in [2.05, 4.69) is 37.8 Å². The monoisotopic (exact) mass is 409 g/mol. The van der Waals surface area contributed by atoms with Crippen LogP contribution in [0.15, 0.2) is 36.4 Å². The Hall–Kier alpha value is -2.24. The molecular formula is C25H35N3O2. The average Bonchev–Trinajstić information content (AvgIpc) is 2.71. The number of nitrogens with zero attached hydrogens (tertiary/aromatic N) is 2. The van der Waals surface area contributed by atoms with E-state index in [0.717, 1.165) is 31.7 Å². The maximum atomic E-state index is 11.0. The summed E-state index contributed by atoms with van der Waals surface area (Å²) in [6.45, 7) is 10.1. The molecule has 0 aromatic heterocycles. The van der Waals surface area contributed by atoms with Crippen LogP contribution in [0.4, 0.5) is 5.69 Å². The van der Waals surface area contributed by atoms with Gasteiger partial charge in [0.15, 0.2) is 0 Å². The third-order valence-corrected chi connectivity index (χ3v) is 6.59.